The van der Waals surface area contributed by atoms with Crippen LogP contribution in [0.1, 0.15) is 28.5 Å². The third-order valence-electron chi connectivity index (χ3n) is 3.10. The summed E-state index contributed by atoms with van der Waals surface area (Å²) in [7, 11) is 1.66. The molecule has 2 aromatic rings. The van der Waals surface area contributed by atoms with Gasteiger partial charge in [-0.15, -0.1) is 0 Å². The summed E-state index contributed by atoms with van der Waals surface area (Å²) in [5.41, 5.74) is 2.27. The largest absolute Gasteiger partial charge is 0.391 e. The highest BCUT2D eigenvalue weighted by Crippen LogP contribution is 2.25. The molecule has 0 N–H and O–H groups in total. The highest BCUT2D eigenvalue weighted by molar-refractivity contribution is 6.05. The molecule has 6 heteroatoms. The number of ether oxygens (including phenoxy) is 1. The summed E-state index contributed by atoms with van der Waals surface area (Å²) in [5, 5.41) is 3.70. The zero-order chi connectivity index (χ0) is 15.6. The number of para-hydroxylation sites is 1. The van der Waals surface area contributed by atoms with Crippen molar-refractivity contribution in [3.63, 3.8) is 0 Å². The quantitative estimate of drug-likeness (QED) is 0.811. The van der Waals surface area contributed by atoms with Crippen molar-refractivity contribution < 1.29 is 18.8 Å². The molecule has 0 unspecified atom stereocenters. The lowest BCUT2D eigenvalue weighted by Crippen LogP contribution is -2.27. The minimum atomic E-state index is -0.527. The van der Waals surface area contributed by atoms with E-state index in [0.717, 1.165) is 11.3 Å². The van der Waals surface area contributed by atoms with Crippen molar-refractivity contribution in [3.05, 3.63) is 41.1 Å². The van der Waals surface area contributed by atoms with Gasteiger partial charge >= 0.3 is 11.9 Å². The number of anilines is 1. The number of hydrogen-bond donors (Lipinski definition) is 0. The van der Waals surface area contributed by atoms with E-state index in [1.165, 1.54) is 11.8 Å². The predicted octanol–water partition coefficient (Wildman–Crippen LogP) is 2.49. The Labute approximate surface area is 122 Å². The molecule has 110 valence electrons. The molecular weight excluding hydrogens is 272 g/mol. The highest BCUT2D eigenvalue weighted by Gasteiger charge is 2.24. The first-order valence-electron chi connectivity index (χ1n) is 6.40. The van der Waals surface area contributed by atoms with Gasteiger partial charge in [0, 0.05) is 19.7 Å². The van der Waals surface area contributed by atoms with Crippen LogP contribution in [0.2, 0.25) is 0 Å². The minimum Gasteiger partial charge on any atom is -0.391 e. The van der Waals surface area contributed by atoms with Gasteiger partial charge in [0.2, 0.25) is 0 Å². The number of carbonyl (C=O) groups is 2. The van der Waals surface area contributed by atoms with E-state index in [1.54, 1.807) is 14.0 Å². The van der Waals surface area contributed by atoms with Crippen molar-refractivity contribution >= 4 is 17.6 Å². The van der Waals surface area contributed by atoms with Crippen LogP contribution in [0.5, 0.6) is 5.95 Å². The second-order valence-electron chi connectivity index (χ2n) is 4.69. The summed E-state index contributed by atoms with van der Waals surface area (Å²) in [6.07, 6.45) is 0. The molecule has 0 saturated carbocycles. The monoisotopic (exact) mass is 288 g/mol. The number of benzene rings is 1. The molecule has 0 aliphatic carbocycles. The second-order valence-corrected chi connectivity index (χ2v) is 4.69. The highest BCUT2D eigenvalue weighted by atomic mass is 16.6. The number of amides is 1. The molecule has 0 fully saturated rings. The van der Waals surface area contributed by atoms with Crippen LogP contribution in [-0.2, 0) is 4.79 Å². The van der Waals surface area contributed by atoms with Gasteiger partial charge in [-0.2, -0.15) is 0 Å². The number of nitrogens with zero attached hydrogens (tertiary/aromatic N) is 2. The van der Waals surface area contributed by atoms with Gasteiger partial charge in [0.1, 0.15) is 0 Å². The maximum Gasteiger partial charge on any atom is 0.322 e. The first kappa shape index (κ1) is 14.8. The zero-order valence-corrected chi connectivity index (χ0v) is 12.3. The fourth-order valence-electron chi connectivity index (χ4n) is 1.95. The van der Waals surface area contributed by atoms with Gasteiger partial charge in [-0.25, -0.2) is 0 Å². The molecular formula is C15H16N2O4. The molecule has 0 radical (unpaired) electrons. The topological polar surface area (TPSA) is 72.6 Å². The Morgan fingerprint density at radius 1 is 1.24 bits per heavy atom. The molecule has 2 rings (SSSR count). The van der Waals surface area contributed by atoms with Crippen LogP contribution in [0.3, 0.4) is 0 Å². The maximum atomic E-state index is 12.5. The second kappa shape index (κ2) is 5.78. The van der Waals surface area contributed by atoms with Crippen LogP contribution in [-0.4, -0.2) is 24.1 Å². The lowest BCUT2D eigenvalue weighted by atomic mass is 10.1. The van der Waals surface area contributed by atoms with E-state index in [4.69, 9.17) is 9.26 Å². The molecule has 0 bridgehead atoms. The van der Waals surface area contributed by atoms with Crippen LogP contribution >= 0.6 is 0 Å². The first-order valence-corrected chi connectivity index (χ1v) is 6.40. The summed E-state index contributed by atoms with van der Waals surface area (Å²) < 4.78 is 9.75. The summed E-state index contributed by atoms with van der Waals surface area (Å²) in [6, 6.07) is 7.51. The van der Waals surface area contributed by atoms with Crippen LogP contribution in [0.4, 0.5) is 5.69 Å². The average Bonchev–Trinajstić information content (AvgIpc) is 2.78. The third kappa shape index (κ3) is 2.94. The number of rotatable bonds is 3. The van der Waals surface area contributed by atoms with Crippen molar-refractivity contribution in [1.82, 2.24) is 5.16 Å². The number of hydrogen-bond acceptors (Lipinski definition) is 5. The molecule has 0 atom stereocenters. The van der Waals surface area contributed by atoms with Gasteiger partial charge in [-0.05, 0) is 25.5 Å². The number of esters is 1. The van der Waals surface area contributed by atoms with Crippen molar-refractivity contribution in [2.24, 2.45) is 0 Å². The Morgan fingerprint density at radius 2 is 1.90 bits per heavy atom. The molecule has 21 heavy (non-hydrogen) atoms. The summed E-state index contributed by atoms with van der Waals surface area (Å²) in [4.78, 5) is 24.9. The Kier molecular flexibility index (Phi) is 4.07. The Hall–Kier alpha value is -2.63. The van der Waals surface area contributed by atoms with Crippen molar-refractivity contribution in [1.29, 1.82) is 0 Å². The van der Waals surface area contributed by atoms with E-state index in [1.807, 2.05) is 31.2 Å². The third-order valence-corrected chi connectivity index (χ3v) is 3.10. The van der Waals surface area contributed by atoms with Gasteiger partial charge < -0.3 is 14.2 Å². The molecule has 1 heterocycles. The van der Waals surface area contributed by atoms with E-state index in [9.17, 15) is 9.59 Å². The molecule has 0 aliphatic heterocycles. The van der Waals surface area contributed by atoms with Gasteiger partial charge in [-0.3, -0.25) is 9.59 Å². The normalized spacial score (nSPS) is 10.3. The van der Waals surface area contributed by atoms with E-state index < -0.39 is 5.97 Å². The SMILES string of the molecule is CC(=O)Oc1onc(C(=O)N(C)c2ccccc2C)c1C. The van der Waals surface area contributed by atoms with Crippen LogP contribution in [0.25, 0.3) is 0 Å². The van der Waals surface area contributed by atoms with E-state index >= 15 is 0 Å². The van der Waals surface area contributed by atoms with E-state index in [2.05, 4.69) is 5.16 Å². The van der Waals surface area contributed by atoms with Crippen LogP contribution < -0.4 is 9.64 Å². The van der Waals surface area contributed by atoms with Gasteiger partial charge in [0.05, 0.1) is 5.56 Å². The van der Waals surface area contributed by atoms with Gasteiger partial charge in [0.25, 0.3) is 5.91 Å². The number of aryl methyl sites for hydroxylation is 1. The lowest BCUT2D eigenvalue weighted by molar-refractivity contribution is -0.133. The Balaban J connectivity index is 2.30. The molecule has 1 amide bonds. The molecule has 6 nitrogen and oxygen atoms in total. The Morgan fingerprint density at radius 3 is 2.52 bits per heavy atom. The lowest BCUT2D eigenvalue weighted by Gasteiger charge is -2.18. The first-order chi connectivity index (χ1) is 9.91. The molecule has 0 aliphatic rings. The molecule has 0 spiro atoms. The Bertz CT molecular complexity index is 691. The standard InChI is InChI=1S/C15H16N2O4/c1-9-7-5-6-8-12(9)17(4)14(19)13-10(2)15(21-16-13)20-11(3)18/h5-8H,1-4H3. The van der Waals surface area contributed by atoms with Gasteiger partial charge in [-0.1, -0.05) is 23.4 Å². The molecule has 1 aromatic heterocycles. The smallest absolute Gasteiger partial charge is 0.322 e. The van der Waals surface area contributed by atoms with Gasteiger partial charge in [0.15, 0.2) is 5.69 Å². The summed E-state index contributed by atoms with van der Waals surface area (Å²) >= 11 is 0. The van der Waals surface area contributed by atoms with Crippen molar-refractivity contribution in [2.75, 3.05) is 11.9 Å². The average molecular weight is 288 g/mol. The number of carbonyl (C=O) groups excluding carboxylic acids is 2. The fourth-order valence-corrected chi connectivity index (χ4v) is 1.95. The van der Waals surface area contributed by atoms with Crippen molar-refractivity contribution in [3.8, 4) is 5.95 Å². The fraction of sp³-hybridized carbons (Fsp3) is 0.267. The maximum absolute atomic E-state index is 12.5. The van der Waals surface area contributed by atoms with E-state index in [-0.39, 0.29) is 17.5 Å². The van der Waals surface area contributed by atoms with Crippen LogP contribution in [0.15, 0.2) is 28.8 Å². The van der Waals surface area contributed by atoms with Crippen molar-refractivity contribution in [2.45, 2.75) is 20.8 Å². The van der Waals surface area contributed by atoms with E-state index in [0.29, 0.717) is 5.56 Å². The molecule has 1 aromatic carbocycles. The zero-order valence-electron chi connectivity index (χ0n) is 12.3. The summed E-state index contributed by atoms with van der Waals surface area (Å²) in [5.74, 6) is -0.909. The predicted molar refractivity (Wildman–Crippen MR) is 76.5 cm³/mol. The minimum absolute atomic E-state index is 0.0518. The summed E-state index contributed by atoms with van der Waals surface area (Å²) in [6.45, 7) is 4.79. The number of aromatic nitrogens is 1. The van der Waals surface area contributed by atoms with Crippen LogP contribution in [0, 0.1) is 13.8 Å². The molecule has 0 saturated heterocycles.